The fraction of sp³-hybridized carbons (Fsp3) is 0.824. The van der Waals surface area contributed by atoms with Crippen molar-refractivity contribution in [2.24, 2.45) is 0 Å². The minimum atomic E-state index is -1.76. The predicted molar refractivity (Wildman–Crippen MR) is 90.7 cm³/mol. The van der Waals surface area contributed by atoms with E-state index in [1.807, 2.05) is 0 Å². The summed E-state index contributed by atoms with van der Waals surface area (Å²) in [5.41, 5.74) is 3.11. The Balaban J connectivity index is 4.73. The van der Waals surface area contributed by atoms with Crippen LogP contribution in [-0.4, -0.2) is 20.7 Å². The lowest BCUT2D eigenvalue weighted by Gasteiger charge is -2.42. The average molecular weight is 299 g/mol. The molecule has 20 heavy (non-hydrogen) atoms. The number of carbonyl (C=O) groups is 1. The van der Waals surface area contributed by atoms with Crippen molar-refractivity contribution in [3.05, 3.63) is 11.6 Å². The molecule has 0 aliphatic carbocycles. The summed E-state index contributed by atoms with van der Waals surface area (Å²) in [4.78, 5) is 11.0. The molecule has 0 aromatic carbocycles. The molecule has 0 aromatic rings. The molecule has 0 saturated carbocycles. The molecule has 0 unspecified atom stereocenters. The summed E-state index contributed by atoms with van der Waals surface area (Å²) in [6, 6.07) is 0. The largest absolute Gasteiger partial charge is 0.412 e. The first-order chi connectivity index (χ1) is 9.14. The number of carbonyl (C=O) groups excluding carboxylic acids is 1. The van der Waals surface area contributed by atoms with Crippen LogP contribution in [0.3, 0.4) is 0 Å². The third kappa shape index (κ3) is 5.53. The van der Waals surface area contributed by atoms with Crippen LogP contribution in [0.4, 0.5) is 0 Å². The Hall–Kier alpha value is -0.413. The Labute approximate surface area is 127 Å². The summed E-state index contributed by atoms with van der Waals surface area (Å²) in [7, 11) is -1.76. The summed E-state index contributed by atoms with van der Waals surface area (Å²) >= 11 is 0. The minimum absolute atomic E-state index is 0.255. The van der Waals surface area contributed by atoms with Gasteiger partial charge in [0.25, 0.3) is 0 Å². The van der Waals surface area contributed by atoms with Gasteiger partial charge in [-0.05, 0) is 36.9 Å². The van der Waals surface area contributed by atoms with Crippen LogP contribution in [0, 0.1) is 0 Å². The second-order valence-electron chi connectivity index (χ2n) is 6.90. The fourth-order valence-corrected chi connectivity index (χ4v) is 8.80. The third-order valence-corrected chi connectivity index (χ3v) is 10.3. The molecule has 0 atom stereocenters. The van der Waals surface area contributed by atoms with E-state index in [1.54, 1.807) is 6.92 Å². The number of allylic oxidation sites excluding steroid dienone is 1. The molecule has 0 heterocycles. The number of Topliss-reactive ketones (excluding diaryl/α,β-unsaturated/α-hetero) is 1. The summed E-state index contributed by atoms with van der Waals surface area (Å²) in [6.07, 6.45) is 3.63. The lowest BCUT2D eigenvalue weighted by Crippen LogP contribution is -2.48. The zero-order valence-corrected chi connectivity index (χ0v) is 15.7. The summed E-state index contributed by atoms with van der Waals surface area (Å²) < 4.78 is 6.52. The van der Waals surface area contributed by atoms with E-state index < -0.39 is 8.32 Å². The van der Waals surface area contributed by atoms with Gasteiger partial charge in [0.05, 0.1) is 6.61 Å². The van der Waals surface area contributed by atoms with Gasteiger partial charge in [0, 0.05) is 6.42 Å². The lowest BCUT2D eigenvalue weighted by atomic mass is 10.2. The van der Waals surface area contributed by atoms with Gasteiger partial charge in [-0.1, -0.05) is 53.2 Å². The molecule has 0 aromatic heterocycles. The normalized spacial score (nSPS) is 13.7. The minimum Gasteiger partial charge on any atom is -0.412 e. The van der Waals surface area contributed by atoms with Crippen LogP contribution >= 0.6 is 0 Å². The van der Waals surface area contributed by atoms with Gasteiger partial charge in [-0.2, -0.15) is 0 Å². The first-order valence-electron chi connectivity index (χ1n) is 7.93. The maximum absolute atomic E-state index is 11.0. The second-order valence-corrected chi connectivity index (χ2v) is 12.4. The Bertz CT molecular complexity index is 308. The highest BCUT2D eigenvalue weighted by atomic mass is 28.4. The van der Waals surface area contributed by atoms with E-state index in [0.717, 1.165) is 13.0 Å². The zero-order chi connectivity index (χ0) is 15.9. The highest BCUT2D eigenvalue weighted by Crippen LogP contribution is 2.42. The van der Waals surface area contributed by atoms with Crippen molar-refractivity contribution < 1.29 is 9.22 Å². The summed E-state index contributed by atoms with van der Waals surface area (Å²) in [5, 5.41) is 0. The van der Waals surface area contributed by atoms with Gasteiger partial charge in [0.2, 0.25) is 8.32 Å². The zero-order valence-electron chi connectivity index (χ0n) is 14.7. The number of ketones is 1. The first kappa shape index (κ1) is 19.6. The highest BCUT2D eigenvalue weighted by Gasteiger charge is 2.44. The van der Waals surface area contributed by atoms with Gasteiger partial charge in [-0.25, -0.2) is 0 Å². The molecule has 0 saturated heterocycles. The maximum atomic E-state index is 11.0. The first-order valence-corrected chi connectivity index (χ1v) is 10.1. The van der Waals surface area contributed by atoms with Crippen molar-refractivity contribution in [3.63, 3.8) is 0 Å². The van der Waals surface area contributed by atoms with Gasteiger partial charge < -0.3 is 9.22 Å². The van der Waals surface area contributed by atoms with Gasteiger partial charge >= 0.3 is 0 Å². The smallest absolute Gasteiger partial charge is 0.200 e. The van der Waals surface area contributed by atoms with E-state index in [0.29, 0.717) is 23.0 Å². The van der Waals surface area contributed by atoms with E-state index in [4.69, 9.17) is 4.43 Å². The molecule has 2 nitrogen and oxygen atoms in total. The van der Waals surface area contributed by atoms with Crippen molar-refractivity contribution in [1.82, 2.24) is 0 Å². The van der Waals surface area contributed by atoms with Gasteiger partial charge in [0.15, 0.2) is 0 Å². The standard InChI is InChI=1S/C17H34O2Si/c1-13(2)20(14(3)4,15(5)6)19-12-16(7)10-9-11-17(8)18/h10,13-15H,9,11-12H2,1-8H3/b16-10+. The van der Waals surface area contributed by atoms with Gasteiger partial charge in [-0.3, -0.25) is 0 Å². The van der Waals surface area contributed by atoms with Crippen LogP contribution in [0.15, 0.2) is 11.6 Å². The number of rotatable bonds is 9. The van der Waals surface area contributed by atoms with Gasteiger partial charge in [0.1, 0.15) is 5.78 Å². The molecule has 118 valence electrons. The van der Waals surface area contributed by atoms with Crippen LogP contribution in [-0.2, 0) is 9.22 Å². The molecule has 0 bridgehead atoms. The van der Waals surface area contributed by atoms with Gasteiger partial charge in [-0.15, -0.1) is 0 Å². The van der Waals surface area contributed by atoms with Crippen LogP contribution in [0.2, 0.25) is 16.6 Å². The maximum Gasteiger partial charge on any atom is 0.200 e. The fourth-order valence-electron chi connectivity index (χ4n) is 3.32. The quantitative estimate of drug-likeness (QED) is 0.415. The van der Waals surface area contributed by atoms with Crippen LogP contribution in [0.5, 0.6) is 0 Å². The monoisotopic (exact) mass is 298 g/mol. The molecule has 0 N–H and O–H groups in total. The van der Waals surface area contributed by atoms with E-state index in [-0.39, 0.29) is 5.78 Å². The molecule has 0 radical (unpaired) electrons. The number of hydrogen-bond acceptors (Lipinski definition) is 2. The van der Waals surface area contributed by atoms with E-state index in [2.05, 4.69) is 54.5 Å². The number of hydrogen-bond donors (Lipinski definition) is 0. The van der Waals surface area contributed by atoms with Crippen molar-refractivity contribution >= 4 is 14.1 Å². The topological polar surface area (TPSA) is 26.3 Å². The SMILES string of the molecule is CC(=O)CC/C=C(\C)CO[Si](C(C)C)(C(C)C)C(C)C. The average Bonchev–Trinajstić information content (AvgIpc) is 2.27. The molecule has 0 amide bonds. The molecule has 0 fully saturated rings. The van der Waals surface area contributed by atoms with E-state index >= 15 is 0 Å². The Morgan fingerprint density at radius 3 is 1.80 bits per heavy atom. The van der Waals surface area contributed by atoms with Crippen molar-refractivity contribution in [3.8, 4) is 0 Å². The molecule has 0 rings (SSSR count). The van der Waals surface area contributed by atoms with E-state index in [9.17, 15) is 4.79 Å². The molecule has 0 spiro atoms. The Morgan fingerprint density at radius 1 is 1.00 bits per heavy atom. The highest BCUT2D eigenvalue weighted by molar-refractivity contribution is 6.77. The Morgan fingerprint density at radius 2 is 1.45 bits per heavy atom. The summed E-state index contributed by atoms with van der Waals surface area (Å²) in [5.74, 6) is 0.255. The molecule has 3 heteroatoms. The van der Waals surface area contributed by atoms with E-state index in [1.165, 1.54) is 5.57 Å². The molecule has 0 aliphatic rings. The van der Waals surface area contributed by atoms with Crippen LogP contribution in [0.25, 0.3) is 0 Å². The Kier molecular flexibility index (Phi) is 8.60. The van der Waals surface area contributed by atoms with Crippen molar-refractivity contribution in [2.45, 2.75) is 84.9 Å². The van der Waals surface area contributed by atoms with Crippen LogP contribution in [0.1, 0.15) is 68.2 Å². The molecule has 0 aliphatic heterocycles. The lowest BCUT2D eigenvalue weighted by molar-refractivity contribution is -0.116. The van der Waals surface area contributed by atoms with Crippen molar-refractivity contribution in [1.29, 1.82) is 0 Å². The third-order valence-electron chi connectivity index (χ3n) is 4.25. The molecular formula is C17H34O2Si. The van der Waals surface area contributed by atoms with Crippen LogP contribution < -0.4 is 0 Å². The molecular weight excluding hydrogens is 264 g/mol. The second kappa shape index (κ2) is 8.78. The summed E-state index contributed by atoms with van der Waals surface area (Å²) in [6.45, 7) is 18.3. The van der Waals surface area contributed by atoms with Crippen molar-refractivity contribution in [2.75, 3.05) is 6.61 Å². The predicted octanol–water partition coefficient (Wildman–Crippen LogP) is 5.49.